The summed E-state index contributed by atoms with van der Waals surface area (Å²) in [4.78, 5) is 0. The van der Waals surface area contributed by atoms with Gasteiger partial charge in [-0.3, -0.25) is 5.32 Å². The fourth-order valence-corrected chi connectivity index (χ4v) is 2.44. The van der Waals surface area contributed by atoms with Crippen LogP contribution in [-0.4, -0.2) is 24.0 Å². The summed E-state index contributed by atoms with van der Waals surface area (Å²) in [5, 5.41) is 3.30. The summed E-state index contributed by atoms with van der Waals surface area (Å²) < 4.78 is 2.37. The minimum atomic E-state index is 0. The van der Waals surface area contributed by atoms with E-state index in [4.69, 9.17) is 0 Å². The zero-order valence-electron chi connectivity index (χ0n) is 11.7. The first-order valence-corrected chi connectivity index (χ1v) is 6.57. The lowest BCUT2D eigenvalue weighted by Gasteiger charge is -2.17. The minimum absolute atomic E-state index is 0. The fraction of sp³-hybridized carbons (Fsp3) is 0.533. The number of benzene rings is 1. The Balaban J connectivity index is 0.00000162. The number of hydrogen-bond donors (Lipinski definition) is 1. The maximum absolute atomic E-state index is 3.30. The highest BCUT2D eigenvalue weighted by Gasteiger charge is 2.22. The Hall–Kier alpha value is -1.02. The third-order valence-corrected chi connectivity index (χ3v) is 3.37. The standard InChI is InChI=1S/C15H22N2.ClH/c1-11(2)13-6-5-7-14(12(3)4)15(13)17-9-8-16-10-17;/h5-7,10-12H,8-9H2,1-4H3;1H. The molecule has 0 saturated heterocycles. The van der Waals surface area contributed by atoms with Crippen LogP contribution >= 0.6 is 0 Å². The average Bonchev–Trinajstić information content (AvgIpc) is 2.80. The molecule has 0 radical (unpaired) electrons. The predicted molar refractivity (Wildman–Crippen MR) is 73.5 cm³/mol. The van der Waals surface area contributed by atoms with Gasteiger partial charge in [0, 0.05) is 11.1 Å². The van der Waals surface area contributed by atoms with Crippen molar-refractivity contribution >= 4 is 12.0 Å². The van der Waals surface area contributed by atoms with Gasteiger partial charge in [0.1, 0.15) is 18.8 Å². The molecule has 2 rings (SSSR count). The average molecular weight is 267 g/mol. The van der Waals surface area contributed by atoms with E-state index >= 15 is 0 Å². The minimum Gasteiger partial charge on any atom is -1.00 e. The number of halogens is 1. The molecule has 18 heavy (non-hydrogen) atoms. The van der Waals surface area contributed by atoms with E-state index in [1.165, 1.54) is 16.8 Å². The molecule has 100 valence electrons. The molecule has 2 nitrogen and oxygen atoms in total. The van der Waals surface area contributed by atoms with Crippen molar-refractivity contribution in [3.8, 4) is 0 Å². The fourth-order valence-electron chi connectivity index (χ4n) is 2.44. The summed E-state index contributed by atoms with van der Waals surface area (Å²) in [6.45, 7) is 11.2. The second-order valence-electron chi connectivity index (χ2n) is 5.37. The topological polar surface area (TPSA) is 15.0 Å². The van der Waals surface area contributed by atoms with Crippen molar-refractivity contribution in [3.63, 3.8) is 0 Å². The van der Waals surface area contributed by atoms with Gasteiger partial charge in [-0.05, 0) is 11.8 Å². The van der Waals surface area contributed by atoms with Crippen molar-refractivity contribution < 1.29 is 17.0 Å². The molecule has 0 bridgehead atoms. The molecule has 1 N–H and O–H groups in total. The Bertz CT molecular complexity index is 410. The molecule has 0 fully saturated rings. The summed E-state index contributed by atoms with van der Waals surface area (Å²) in [5.41, 5.74) is 4.33. The van der Waals surface area contributed by atoms with Gasteiger partial charge in [-0.1, -0.05) is 45.9 Å². The number of nitrogens with one attached hydrogen (secondary N) is 1. The van der Waals surface area contributed by atoms with Gasteiger partial charge in [-0.15, -0.1) is 0 Å². The first-order chi connectivity index (χ1) is 8.11. The maximum atomic E-state index is 3.30. The van der Waals surface area contributed by atoms with Crippen LogP contribution in [0.1, 0.15) is 50.7 Å². The Morgan fingerprint density at radius 3 is 2.00 bits per heavy atom. The SMILES string of the molecule is CC(C)c1cccc(C(C)C)c1[N+]1=CNCC1.[Cl-]. The molecule has 1 aliphatic rings. The van der Waals surface area contributed by atoms with Gasteiger partial charge in [0.25, 0.3) is 0 Å². The van der Waals surface area contributed by atoms with Crippen molar-refractivity contribution in [1.29, 1.82) is 0 Å². The van der Waals surface area contributed by atoms with E-state index in [0.29, 0.717) is 11.8 Å². The molecule has 0 unspecified atom stereocenters. The molecule has 1 aliphatic heterocycles. The van der Waals surface area contributed by atoms with E-state index < -0.39 is 0 Å². The molecule has 1 heterocycles. The highest BCUT2D eigenvalue weighted by molar-refractivity contribution is 5.58. The predicted octanol–water partition coefficient (Wildman–Crippen LogP) is 0.213. The highest BCUT2D eigenvalue weighted by atomic mass is 35.5. The Kier molecular flexibility index (Phi) is 5.21. The molecule has 1 aromatic rings. The zero-order chi connectivity index (χ0) is 12.4. The molecular weight excluding hydrogens is 244 g/mol. The van der Waals surface area contributed by atoms with E-state index in [0.717, 1.165) is 13.1 Å². The summed E-state index contributed by atoms with van der Waals surface area (Å²) in [6.07, 6.45) is 2.12. The van der Waals surface area contributed by atoms with Crippen LogP contribution in [0.4, 0.5) is 5.69 Å². The van der Waals surface area contributed by atoms with Crippen molar-refractivity contribution in [2.45, 2.75) is 39.5 Å². The quantitative estimate of drug-likeness (QED) is 0.774. The second-order valence-corrected chi connectivity index (χ2v) is 5.37. The van der Waals surface area contributed by atoms with Crippen LogP contribution < -0.4 is 17.7 Å². The zero-order valence-corrected chi connectivity index (χ0v) is 12.5. The summed E-state index contributed by atoms with van der Waals surface area (Å²) in [7, 11) is 0. The summed E-state index contributed by atoms with van der Waals surface area (Å²) in [6, 6.07) is 6.72. The summed E-state index contributed by atoms with van der Waals surface area (Å²) in [5.74, 6) is 1.13. The smallest absolute Gasteiger partial charge is 0.237 e. The largest absolute Gasteiger partial charge is 1.00 e. The molecule has 0 spiro atoms. The van der Waals surface area contributed by atoms with Crippen molar-refractivity contribution in [3.05, 3.63) is 29.3 Å². The molecule has 1 aromatic carbocycles. The Morgan fingerprint density at radius 1 is 1.06 bits per heavy atom. The van der Waals surface area contributed by atoms with Crippen LogP contribution in [0.5, 0.6) is 0 Å². The second kappa shape index (κ2) is 6.24. The number of hydrogen-bond acceptors (Lipinski definition) is 1. The number of rotatable bonds is 3. The van der Waals surface area contributed by atoms with E-state index in [-0.39, 0.29) is 12.4 Å². The lowest BCUT2D eigenvalue weighted by Crippen LogP contribution is -3.00. The van der Waals surface area contributed by atoms with E-state index in [2.05, 4.69) is 62.1 Å². The molecule has 0 aromatic heterocycles. The van der Waals surface area contributed by atoms with Crippen LogP contribution in [-0.2, 0) is 0 Å². The monoisotopic (exact) mass is 266 g/mol. The van der Waals surface area contributed by atoms with E-state index in [9.17, 15) is 0 Å². The third-order valence-electron chi connectivity index (χ3n) is 3.37. The van der Waals surface area contributed by atoms with E-state index in [1.807, 2.05) is 0 Å². The maximum Gasteiger partial charge on any atom is 0.237 e. The molecule has 0 aliphatic carbocycles. The van der Waals surface area contributed by atoms with Crippen LogP contribution in [0, 0.1) is 0 Å². The molecule has 0 atom stereocenters. The number of nitrogens with zero attached hydrogens (tertiary/aromatic N) is 1. The molecule has 3 heteroatoms. The van der Waals surface area contributed by atoms with Crippen molar-refractivity contribution in [2.24, 2.45) is 0 Å². The van der Waals surface area contributed by atoms with Gasteiger partial charge >= 0.3 is 0 Å². The van der Waals surface area contributed by atoms with Gasteiger partial charge < -0.3 is 12.4 Å². The normalized spacial score (nSPS) is 14.4. The molecule has 0 amide bonds. The molecular formula is C15H23ClN2. The van der Waals surface area contributed by atoms with Gasteiger partial charge in [-0.25, -0.2) is 4.58 Å². The third kappa shape index (κ3) is 2.86. The van der Waals surface area contributed by atoms with Gasteiger partial charge in [0.15, 0.2) is 0 Å². The lowest BCUT2D eigenvalue weighted by molar-refractivity contribution is -0.425. The van der Waals surface area contributed by atoms with Gasteiger partial charge in [-0.2, -0.15) is 0 Å². The van der Waals surface area contributed by atoms with Crippen LogP contribution in [0.15, 0.2) is 18.2 Å². The lowest BCUT2D eigenvalue weighted by atomic mass is 9.92. The van der Waals surface area contributed by atoms with Crippen LogP contribution in [0.3, 0.4) is 0 Å². The van der Waals surface area contributed by atoms with E-state index in [1.54, 1.807) is 0 Å². The van der Waals surface area contributed by atoms with Crippen molar-refractivity contribution in [2.75, 3.05) is 13.1 Å². The molecule has 0 saturated carbocycles. The summed E-state index contributed by atoms with van der Waals surface area (Å²) >= 11 is 0. The van der Waals surface area contributed by atoms with Gasteiger partial charge in [0.05, 0.1) is 0 Å². The Labute approximate surface area is 117 Å². The van der Waals surface area contributed by atoms with Crippen molar-refractivity contribution in [1.82, 2.24) is 5.32 Å². The Morgan fingerprint density at radius 2 is 1.61 bits per heavy atom. The van der Waals surface area contributed by atoms with Crippen LogP contribution in [0.2, 0.25) is 0 Å². The van der Waals surface area contributed by atoms with Crippen LogP contribution in [0.25, 0.3) is 0 Å². The number of para-hydroxylation sites is 1. The first-order valence-electron chi connectivity index (χ1n) is 6.57. The first kappa shape index (κ1) is 15.0. The highest BCUT2D eigenvalue weighted by Crippen LogP contribution is 2.34. The van der Waals surface area contributed by atoms with Gasteiger partial charge in [0.2, 0.25) is 6.34 Å².